The van der Waals surface area contributed by atoms with Gasteiger partial charge in [0.15, 0.2) is 11.5 Å². The Morgan fingerprint density at radius 3 is 2.41 bits per heavy atom. The second-order valence-electron chi connectivity index (χ2n) is 7.52. The van der Waals surface area contributed by atoms with Crippen molar-refractivity contribution in [1.29, 1.82) is 0 Å². The molecule has 0 radical (unpaired) electrons. The van der Waals surface area contributed by atoms with Gasteiger partial charge in [-0.25, -0.2) is 4.39 Å². The minimum Gasteiger partial charge on any atom is -0.493 e. The van der Waals surface area contributed by atoms with E-state index in [-0.39, 0.29) is 25.5 Å². The van der Waals surface area contributed by atoms with Crippen LogP contribution in [-0.4, -0.2) is 48.6 Å². The van der Waals surface area contributed by atoms with Crippen LogP contribution in [-0.2, 0) is 9.59 Å². The molecule has 0 aliphatic carbocycles. The molecule has 4 rings (SSSR count). The first-order valence-corrected chi connectivity index (χ1v) is 10.3. The molecule has 0 aromatic heterocycles. The highest BCUT2D eigenvalue weighted by molar-refractivity contribution is 5.75. The number of nitrogens with one attached hydrogen (secondary N) is 1. The van der Waals surface area contributed by atoms with E-state index in [9.17, 15) is 14.0 Å². The third-order valence-corrected chi connectivity index (χ3v) is 5.27. The van der Waals surface area contributed by atoms with Gasteiger partial charge in [-0.3, -0.25) is 9.59 Å². The molecule has 2 aromatic rings. The molecule has 2 heterocycles. The van der Waals surface area contributed by atoms with Gasteiger partial charge < -0.3 is 29.7 Å². The van der Waals surface area contributed by atoms with Crippen LogP contribution >= 0.6 is 0 Å². The zero-order chi connectivity index (χ0) is 22.9. The molecule has 2 aromatic carbocycles. The molecule has 2 aliphatic heterocycles. The van der Waals surface area contributed by atoms with Crippen LogP contribution in [0.3, 0.4) is 0 Å². The van der Waals surface area contributed by atoms with Gasteiger partial charge in [-0.05, 0) is 48.7 Å². The van der Waals surface area contributed by atoms with Crippen molar-refractivity contribution in [3.63, 3.8) is 0 Å². The van der Waals surface area contributed by atoms with Gasteiger partial charge >= 0.3 is 11.9 Å². The van der Waals surface area contributed by atoms with Gasteiger partial charge in [0.05, 0.1) is 19.4 Å². The van der Waals surface area contributed by atoms with Crippen LogP contribution in [0.2, 0.25) is 0 Å². The number of carboxylic acids is 2. The van der Waals surface area contributed by atoms with Gasteiger partial charge in [0.25, 0.3) is 0 Å². The minimum atomic E-state index is -1.08. The first-order valence-electron chi connectivity index (χ1n) is 10.3. The molecule has 2 atom stereocenters. The Hall–Kier alpha value is -3.33. The standard InChI is InChI=1S/C19H20FNO3.C4H6O4/c20-15-3-1-13(2-4-15)17-7-8-21-10-14(17)11-22-16-5-6-18-19(9-16)24-12-23-18;5-3(6)1-2-4(7)8/h1-6,9,14,17,21H,7-8,10-12H2;1-2H2,(H,5,6)(H,7,8)/t14-,17-;/m0./s1. The Kier molecular flexibility index (Phi) is 8.27. The molecular formula is C23H26FNO7. The van der Waals surface area contributed by atoms with Gasteiger partial charge in [0.2, 0.25) is 6.79 Å². The van der Waals surface area contributed by atoms with Crippen molar-refractivity contribution in [2.75, 3.05) is 26.5 Å². The number of rotatable bonds is 7. The van der Waals surface area contributed by atoms with Crippen LogP contribution in [0, 0.1) is 11.7 Å². The Bertz CT molecular complexity index is 905. The summed E-state index contributed by atoms with van der Waals surface area (Å²) in [6.07, 6.45) is 0.436. The second kappa shape index (κ2) is 11.3. The van der Waals surface area contributed by atoms with E-state index in [1.807, 2.05) is 30.3 Å². The molecule has 8 nitrogen and oxygen atoms in total. The van der Waals surface area contributed by atoms with Crippen LogP contribution in [0.4, 0.5) is 4.39 Å². The van der Waals surface area contributed by atoms with Gasteiger partial charge in [-0.1, -0.05) is 12.1 Å². The van der Waals surface area contributed by atoms with Gasteiger partial charge in [-0.15, -0.1) is 0 Å². The number of halogens is 1. The first-order chi connectivity index (χ1) is 15.4. The number of aliphatic carboxylic acids is 2. The lowest BCUT2D eigenvalue weighted by Gasteiger charge is -2.32. The second-order valence-corrected chi connectivity index (χ2v) is 7.52. The summed E-state index contributed by atoms with van der Waals surface area (Å²) < 4.78 is 29.9. The number of benzene rings is 2. The van der Waals surface area contributed by atoms with Gasteiger partial charge in [0.1, 0.15) is 11.6 Å². The molecule has 1 fully saturated rings. The summed E-state index contributed by atoms with van der Waals surface area (Å²) in [5.41, 5.74) is 1.18. The number of carbonyl (C=O) groups is 2. The van der Waals surface area contributed by atoms with Crippen molar-refractivity contribution in [3.05, 3.63) is 53.8 Å². The average molecular weight is 447 g/mol. The SMILES string of the molecule is Fc1ccc([C@@H]2CCNC[C@H]2COc2ccc3c(c2)OCO3)cc1.O=C(O)CCC(=O)O. The monoisotopic (exact) mass is 447 g/mol. The molecule has 2 aliphatic rings. The fourth-order valence-corrected chi connectivity index (χ4v) is 3.63. The van der Waals surface area contributed by atoms with Crippen molar-refractivity contribution >= 4 is 11.9 Å². The van der Waals surface area contributed by atoms with E-state index in [2.05, 4.69) is 5.32 Å². The van der Waals surface area contributed by atoms with Gasteiger partial charge in [0, 0.05) is 18.5 Å². The first kappa shape index (κ1) is 23.3. The van der Waals surface area contributed by atoms with Crippen LogP contribution < -0.4 is 19.5 Å². The molecule has 0 saturated carbocycles. The molecule has 172 valence electrons. The summed E-state index contributed by atoms with van der Waals surface area (Å²) in [4.78, 5) is 19.3. The number of fused-ring (bicyclic) bond motifs is 1. The Morgan fingerprint density at radius 1 is 1.03 bits per heavy atom. The van der Waals surface area contributed by atoms with E-state index >= 15 is 0 Å². The molecule has 9 heteroatoms. The fraction of sp³-hybridized carbons (Fsp3) is 0.391. The maximum Gasteiger partial charge on any atom is 0.303 e. The molecular weight excluding hydrogens is 421 g/mol. The number of hydrogen-bond donors (Lipinski definition) is 3. The van der Waals surface area contributed by atoms with Crippen LogP contribution in [0.1, 0.15) is 30.7 Å². The summed E-state index contributed by atoms with van der Waals surface area (Å²) in [5.74, 6) is 0.633. The van der Waals surface area contributed by atoms with E-state index in [0.29, 0.717) is 18.4 Å². The van der Waals surface area contributed by atoms with E-state index < -0.39 is 11.9 Å². The van der Waals surface area contributed by atoms with Crippen LogP contribution in [0.25, 0.3) is 0 Å². The summed E-state index contributed by atoms with van der Waals surface area (Å²) in [5, 5.41) is 19.2. The number of ether oxygens (including phenoxy) is 3. The van der Waals surface area contributed by atoms with Crippen molar-refractivity contribution in [2.45, 2.75) is 25.2 Å². The average Bonchev–Trinajstić information content (AvgIpc) is 3.25. The third-order valence-electron chi connectivity index (χ3n) is 5.27. The summed E-state index contributed by atoms with van der Waals surface area (Å²) >= 11 is 0. The molecule has 32 heavy (non-hydrogen) atoms. The van der Waals surface area contributed by atoms with Crippen molar-refractivity contribution < 1.29 is 38.4 Å². The zero-order valence-corrected chi connectivity index (χ0v) is 17.5. The van der Waals surface area contributed by atoms with E-state index in [4.69, 9.17) is 24.4 Å². The van der Waals surface area contributed by atoms with E-state index in [0.717, 1.165) is 36.8 Å². The maximum atomic E-state index is 13.2. The topological polar surface area (TPSA) is 114 Å². The molecule has 1 saturated heterocycles. The highest BCUT2D eigenvalue weighted by atomic mass is 19.1. The quantitative estimate of drug-likeness (QED) is 0.593. The van der Waals surface area contributed by atoms with Crippen LogP contribution in [0.15, 0.2) is 42.5 Å². The number of hydrogen-bond acceptors (Lipinski definition) is 6. The van der Waals surface area contributed by atoms with Crippen molar-refractivity contribution in [3.8, 4) is 17.2 Å². The Balaban J connectivity index is 0.000000312. The smallest absolute Gasteiger partial charge is 0.303 e. The molecule has 0 amide bonds. The summed E-state index contributed by atoms with van der Waals surface area (Å²) in [6.45, 7) is 2.74. The highest BCUT2D eigenvalue weighted by Crippen LogP contribution is 2.36. The molecule has 3 N–H and O–H groups in total. The highest BCUT2D eigenvalue weighted by Gasteiger charge is 2.27. The Morgan fingerprint density at radius 2 is 1.72 bits per heavy atom. The predicted molar refractivity (Wildman–Crippen MR) is 113 cm³/mol. The maximum absolute atomic E-state index is 13.2. The zero-order valence-electron chi connectivity index (χ0n) is 17.5. The number of carboxylic acid groups (broad SMARTS) is 2. The van der Waals surface area contributed by atoms with E-state index in [1.54, 1.807) is 0 Å². The van der Waals surface area contributed by atoms with Crippen molar-refractivity contribution in [2.24, 2.45) is 5.92 Å². The Labute approximate surface area is 184 Å². The fourth-order valence-electron chi connectivity index (χ4n) is 3.63. The summed E-state index contributed by atoms with van der Waals surface area (Å²) in [6, 6.07) is 12.5. The lowest BCUT2D eigenvalue weighted by atomic mass is 9.81. The summed E-state index contributed by atoms with van der Waals surface area (Å²) in [7, 11) is 0. The molecule has 0 bridgehead atoms. The lowest BCUT2D eigenvalue weighted by Crippen LogP contribution is -2.38. The molecule has 0 spiro atoms. The minimum absolute atomic E-state index is 0.194. The van der Waals surface area contributed by atoms with Crippen molar-refractivity contribution in [1.82, 2.24) is 5.32 Å². The normalized spacial score (nSPS) is 18.9. The third kappa shape index (κ3) is 6.84. The van der Waals surface area contributed by atoms with E-state index in [1.165, 1.54) is 17.7 Å². The number of piperidine rings is 1. The largest absolute Gasteiger partial charge is 0.493 e. The lowest BCUT2D eigenvalue weighted by molar-refractivity contribution is -0.143. The predicted octanol–water partition coefficient (Wildman–Crippen LogP) is 3.26. The molecule has 0 unspecified atom stereocenters. The van der Waals surface area contributed by atoms with Crippen LogP contribution in [0.5, 0.6) is 17.2 Å². The van der Waals surface area contributed by atoms with Gasteiger partial charge in [-0.2, -0.15) is 0 Å².